The summed E-state index contributed by atoms with van der Waals surface area (Å²) >= 11 is 0. The van der Waals surface area contributed by atoms with Crippen LogP contribution in [0.1, 0.15) is 83.6 Å². The Hall–Kier alpha value is -2.04. The number of likely N-dealkylation sites (N-methyl/N-ethyl adjacent to an activating group) is 1. The average Bonchev–Trinajstić information content (AvgIpc) is 2.71. The zero-order valence-electron chi connectivity index (χ0n) is 18.4. The number of hydrogen-bond acceptors (Lipinski definition) is 3. The van der Waals surface area contributed by atoms with Crippen LogP contribution in [-0.2, 0) is 16.0 Å². The fourth-order valence-corrected chi connectivity index (χ4v) is 3.71. The van der Waals surface area contributed by atoms with Gasteiger partial charge < -0.3 is 15.1 Å². The minimum Gasteiger partial charge on any atom is -0.508 e. The molecule has 5 heteroatoms. The third kappa shape index (κ3) is 9.33. The third-order valence-electron chi connectivity index (χ3n) is 5.63. The summed E-state index contributed by atoms with van der Waals surface area (Å²) in [6.07, 6.45) is 10.8. The summed E-state index contributed by atoms with van der Waals surface area (Å²) in [5.74, 6) is -1.01. The maximum atomic E-state index is 13.2. The van der Waals surface area contributed by atoms with Gasteiger partial charge in [-0.25, -0.2) is 4.79 Å². The van der Waals surface area contributed by atoms with Gasteiger partial charge in [0, 0.05) is 19.4 Å². The molecular formula is C24H39NO4. The van der Waals surface area contributed by atoms with E-state index in [2.05, 4.69) is 13.8 Å². The Kier molecular flexibility index (Phi) is 12.1. The van der Waals surface area contributed by atoms with E-state index in [1.807, 2.05) is 0 Å². The number of benzene rings is 1. The van der Waals surface area contributed by atoms with Crippen molar-refractivity contribution in [3.05, 3.63) is 29.8 Å². The lowest BCUT2D eigenvalue weighted by atomic mass is 9.92. The first kappa shape index (κ1) is 25.0. The molecule has 5 nitrogen and oxygen atoms in total. The monoisotopic (exact) mass is 405 g/mol. The van der Waals surface area contributed by atoms with Gasteiger partial charge in [-0.1, -0.05) is 77.3 Å². The van der Waals surface area contributed by atoms with Gasteiger partial charge in [0.1, 0.15) is 11.8 Å². The quantitative estimate of drug-likeness (QED) is 0.383. The summed E-state index contributed by atoms with van der Waals surface area (Å²) in [5.41, 5.74) is 0.789. The van der Waals surface area contributed by atoms with Gasteiger partial charge in [0.15, 0.2) is 0 Å². The van der Waals surface area contributed by atoms with Gasteiger partial charge >= 0.3 is 5.97 Å². The largest absolute Gasteiger partial charge is 0.508 e. The molecule has 1 atom stereocenters. The fraction of sp³-hybridized carbons (Fsp3) is 0.667. The highest BCUT2D eigenvalue weighted by molar-refractivity contribution is 5.85. The minimum atomic E-state index is -0.996. The molecule has 0 fully saturated rings. The Labute approximate surface area is 176 Å². The van der Waals surface area contributed by atoms with Gasteiger partial charge in [-0.2, -0.15) is 0 Å². The number of carbonyl (C=O) groups is 2. The number of hydrogen-bond donors (Lipinski definition) is 2. The number of rotatable bonds is 15. The van der Waals surface area contributed by atoms with E-state index in [4.69, 9.17) is 0 Å². The normalized spacial score (nSPS) is 12.1. The number of phenolic OH excluding ortho intramolecular Hbond substituents is 1. The Morgan fingerprint density at radius 3 is 1.86 bits per heavy atom. The van der Waals surface area contributed by atoms with Gasteiger partial charge in [-0.15, -0.1) is 0 Å². The number of carboxylic acids is 1. The molecule has 0 spiro atoms. The third-order valence-corrected chi connectivity index (χ3v) is 5.63. The van der Waals surface area contributed by atoms with Crippen LogP contribution >= 0.6 is 0 Å². The summed E-state index contributed by atoms with van der Waals surface area (Å²) in [4.78, 5) is 26.5. The molecule has 0 aliphatic rings. The Morgan fingerprint density at radius 1 is 0.897 bits per heavy atom. The van der Waals surface area contributed by atoms with Crippen LogP contribution in [0.5, 0.6) is 5.75 Å². The predicted octanol–water partition coefficient (Wildman–Crippen LogP) is 5.40. The molecule has 0 saturated heterocycles. The number of carbonyl (C=O) groups excluding carboxylic acids is 1. The van der Waals surface area contributed by atoms with Crippen molar-refractivity contribution in [1.29, 1.82) is 0 Å². The molecule has 0 bridgehead atoms. The van der Waals surface area contributed by atoms with E-state index in [0.717, 1.165) is 56.9 Å². The van der Waals surface area contributed by atoms with Gasteiger partial charge in [-0.05, 0) is 30.5 Å². The topological polar surface area (TPSA) is 77.8 Å². The molecule has 0 heterocycles. The van der Waals surface area contributed by atoms with Crippen molar-refractivity contribution in [2.75, 3.05) is 7.05 Å². The van der Waals surface area contributed by atoms with Crippen LogP contribution in [0.2, 0.25) is 0 Å². The molecule has 1 unspecified atom stereocenters. The van der Waals surface area contributed by atoms with Crippen LogP contribution < -0.4 is 0 Å². The second-order valence-corrected chi connectivity index (χ2v) is 8.07. The van der Waals surface area contributed by atoms with Crippen LogP contribution in [0.25, 0.3) is 0 Å². The van der Waals surface area contributed by atoms with E-state index >= 15 is 0 Å². The van der Waals surface area contributed by atoms with Crippen LogP contribution in [0.15, 0.2) is 24.3 Å². The second kappa shape index (κ2) is 14.0. The molecule has 0 radical (unpaired) electrons. The number of aliphatic carboxylic acids is 1. The molecule has 0 aliphatic heterocycles. The standard InChI is InChI=1S/C24H39NO4/c1-4-6-8-10-12-20(13-11-9-7-5-2)23(27)25(3)22(24(28)29)18-19-14-16-21(26)17-15-19/h14-17,20,22,26H,4-13,18H2,1-3H3,(H,28,29). The average molecular weight is 406 g/mol. The Balaban J connectivity index is 2.81. The molecule has 0 aliphatic carbocycles. The van der Waals surface area contributed by atoms with Gasteiger partial charge in [-0.3, -0.25) is 4.79 Å². The zero-order chi connectivity index (χ0) is 21.6. The molecular weight excluding hydrogens is 366 g/mol. The van der Waals surface area contributed by atoms with Crippen LogP contribution in [-0.4, -0.2) is 40.1 Å². The zero-order valence-corrected chi connectivity index (χ0v) is 18.4. The molecule has 1 aromatic carbocycles. The van der Waals surface area contributed by atoms with E-state index in [9.17, 15) is 19.8 Å². The highest BCUT2D eigenvalue weighted by Gasteiger charge is 2.30. The first-order valence-corrected chi connectivity index (χ1v) is 11.2. The fourth-order valence-electron chi connectivity index (χ4n) is 3.71. The van der Waals surface area contributed by atoms with Crippen molar-refractivity contribution >= 4 is 11.9 Å². The first-order chi connectivity index (χ1) is 13.9. The lowest BCUT2D eigenvalue weighted by Gasteiger charge is -2.29. The summed E-state index contributed by atoms with van der Waals surface area (Å²) in [7, 11) is 1.62. The summed E-state index contributed by atoms with van der Waals surface area (Å²) < 4.78 is 0. The van der Waals surface area contributed by atoms with Crippen molar-refractivity contribution in [3.8, 4) is 5.75 Å². The number of aromatic hydroxyl groups is 1. The first-order valence-electron chi connectivity index (χ1n) is 11.2. The smallest absolute Gasteiger partial charge is 0.326 e. The van der Waals surface area contributed by atoms with Crippen molar-refractivity contribution < 1.29 is 19.8 Å². The highest BCUT2D eigenvalue weighted by Crippen LogP contribution is 2.22. The SMILES string of the molecule is CCCCCCC(CCCCCC)C(=O)N(C)C(Cc1ccc(O)cc1)C(=O)O. The van der Waals surface area contributed by atoms with Crippen LogP contribution in [0, 0.1) is 5.92 Å². The number of carboxylic acid groups (broad SMARTS) is 1. The van der Waals surface area contributed by atoms with Crippen molar-refractivity contribution in [2.24, 2.45) is 5.92 Å². The highest BCUT2D eigenvalue weighted by atomic mass is 16.4. The van der Waals surface area contributed by atoms with E-state index in [1.54, 1.807) is 31.3 Å². The molecule has 0 saturated carbocycles. The van der Waals surface area contributed by atoms with Crippen LogP contribution in [0.4, 0.5) is 0 Å². The lowest BCUT2D eigenvalue weighted by Crippen LogP contribution is -2.46. The number of phenols is 1. The predicted molar refractivity (Wildman–Crippen MR) is 117 cm³/mol. The molecule has 1 rings (SSSR count). The second-order valence-electron chi connectivity index (χ2n) is 8.07. The maximum Gasteiger partial charge on any atom is 0.326 e. The molecule has 164 valence electrons. The van der Waals surface area contributed by atoms with E-state index in [-0.39, 0.29) is 24.0 Å². The summed E-state index contributed by atoms with van der Waals surface area (Å²) in [6, 6.07) is 5.59. The van der Waals surface area contributed by atoms with Crippen molar-refractivity contribution in [2.45, 2.75) is 90.5 Å². The van der Waals surface area contributed by atoms with E-state index < -0.39 is 12.0 Å². The summed E-state index contributed by atoms with van der Waals surface area (Å²) in [6.45, 7) is 4.34. The number of nitrogens with zero attached hydrogens (tertiary/aromatic N) is 1. The molecule has 1 amide bonds. The lowest BCUT2D eigenvalue weighted by molar-refractivity contribution is -0.150. The van der Waals surface area contributed by atoms with Gasteiger partial charge in [0.05, 0.1) is 0 Å². The molecule has 0 aromatic heterocycles. The number of amides is 1. The van der Waals surface area contributed by atoms with Crippen molar-refractivity contribution in [1.82, 2.24) is 4.90 Å². The van der Waals surface area contributed by atoms with Crippen molar-refractivity contribution in [3.63, 3.8) is 0 Å². The minimum absolute atomic E-state index is 0.0517. The Bertz CT molecular complexity index is 587. The van der Waals surface area contributed by atoms with Gasteiger partial charge in [0.2, 0.25) is 5.91 Å². The Morgan fingerprint density at radius 2 is 1.41 bits per heavy atom. The maximum absolute atomic E-state index is 13.2. The van der Waals surface area contributed by atoms with E-state index in [0.29, 0.717) is 0 Å². The number of unbranched alkanes of at least 4 members (excludes halogenated alkanes) is 6. The summed E-state index contributed by atoms with van der Waals surface area (Å²) in [5, 5.41) is 19.2. The molecule has 29 heavy (non-hydrogen) atoms. The molecule has 1 aromatic rings. The van der Waals surface area contributed by atoms with Crippen LogP contribution in [0.3, 0.4) is 0 Å². The van der Waals surface area contributed by atoms with Gasteiger partial charge in [0.25, 0.3) is 0 Å². The molecule has 2 N–H and O–H groups in total. The van der Waals surface area contributed by atoms with E-state index in [1.165, 1.54) is 17.7 Å².